The minimum absolute atomic E-state index is 0.282. The summed E-state index contributed by atoms with van der Waals surface area (Å²) in [5, 5.41) is 6.84. The van der Waals surface area contributed by atoms with Gasteiger partial charge in [-0.05, 0) is 31.4 Å². The minimum Gasteiger partial charge on any atom is -0.474 e. The van der Waals surface area contributed by atoms with Crippen LogP contribution < -0.4 is 4.74 Å². The number of hydrogen-bond acceptors (Lipinski definition) is 4. The topological polar surface area (TPSA) is 54.0 Å². The Hall–Kier alpha value is -1.88. The normalized spacial score (nSPS) is 17.2. The number of likely N-dealkylation sites (tertiary alicyclic amines) is 1. The van der Waals surface area contributed by atoms with Gasteiger partial charge in [-0.1, -0.05) is 0 Å². The fourth-order valence-corrected chi connectivity index (χ4v) is 2.55. The van der Waals surface area contributed by atoms with Gasteiger partial charge in [0.2, 0.25) is 5.88 Å². The molecule has 3 heterocycles. The average molecular weight is 272 g/mol. The molecule has 5 nitrogen and oxygen atoms in total. The Morgan fingerprint density at radius 3 is 2.95 bits per heavy atom. The summed E-state index contributed by atoms with van der Waals surface area (Å²) >= 11 is 0. The van der Waals surface area contributed by atoms with Crippen LogP contribution in [-0.2, 0) is 6.54 Å². The van der Waals surface area contributed by atoms with Crippen molar-refractivity contribution in [2.24, 2.45) is 0 Å². The molecule has 0 aliphatic carbocycles. The third-order valence-electron chi connectivity index (χ3n) is 3.67. The molecule has 0 spiro atoms. The third-order valence-corrected chi connectivity index (χ3v) is 3.67. The molecule has 0 amide bonds. The van der Waals surface area contributed by atoms with Crippen LogP contribution in [0.3, 0.4) is 0 Å². The fourth-order valence-electron chi connectivity index (χ4n) is 2.55. The lowest BCUT2D eigenvalue weighted by atomic mass is 10.1. The number of aromatic nitrogens is 3. The molecule has 0 unspecified atom stereocenters. The monoisotopic (exact) mass is 272 g/mol. The van der Waals surface area contributed by atoms with E-state index in [1.54, 1.807) is 6.20 Å². The number of hydrogen-bond donors (Lipinski definition) is 1. The highest BCUT2D eigenvalue weighted by Gasteiger charge is 2.21. The second-order valence-corrected chi connectivity index (χ2v) is 5.37. The number of aryl methyl sites for hydroxylation is 1. The highest BCUT2D eigenvalue weighted by molar-refractivity contribution is 5.19. The largest absolute Gasteiger partial charge is 0.474 e. The summed E-state index contributed by atoms with van der Waals surface area (Å²) in [5.74, 6) is 0.748. The quantitative estimate of drug-likeness (QED) is 0.926. The second-order valence-electron chi connectivity index (χ2n) is 5.37. The van der Waals surface area contributed by atoms with Gasteiger partial charge in [-0.15, -0.1) is 0 Å². The smallest absolute Gasteiger partial charge is 0.213 e. The predicted molar refractivity (Wildman–Crippen MR) is 76.5 cm³/mol. The van der Waals surface area contributed by atoms with E-state index in [2.05, 4.69) is 27.0 Å². The van der Waals surface area contributed by atoms with Crippen LogP contribution >= 0.6 is 0 Å². The van der Waals surface area contributed by atoms with Crippen molar-refractivity contribution in [2.45, 2.75) is 32.4 Å². The molecule has 2 aromatic rings. The van der Waals surface area contributed by atoms with Gasteiger partial charge in [0.25, 0.3) is 0 Å². The SMILES string of the molecule is Cc1ccnc(OC2CCN(Cc3cn[nH]c3)CC2)c1. The van der Waals surface area contributed by atoms with Gasteiger partial charge in [-0.3, -0.25) is 10.00 Å². The lowest BCUT2D eigenvalue weighted by Crippen LogP contribution is -2.37. The van der Waals surface area contributed by atoms with Crippen molar-refractivity contribution in [1.29, 1.82) is 0 Å². The second kappa shape index (κ2) is 6.05. The van der Waals surface area contributed by atoms with E-state index in [-0.39, 0.29) is 6.10 Å². The van der Waals surface area contributed by atoms with E-state index < -0.39 is 0 Å². The molecular weight excluding hydrogens is 252 g/mol. The average Bonchev–Trinajstić information content (AvgIpc) is 2.94. The van der Waals surface area contributed by atoms with Crippen LogP contribution in [0.25, 0.3) is 0 Å². The molecule has 1 aliphatic rings. The molecule has 1 aliphatic heterocycles. The lowest BCUT2D eigenvalue weighted by Gasteiger charge is -2.31. The molecule has 0 bridgehead atoms. The van der Waals surface area contributed by atoms with Crippen molar-refractivity contribution < 1.29 is 4.74 Å². The number of pyridine rings is 1. The van der Waals surface area contributed by atoms with Gasteiger partial charge >= 0.3 is 0 Å². The molecule has 2 aromatic heterocycles. The molecule has 0 saturated carbocycles. The summed E-state index contributed by atoms with van der Waals surface area (Å²) in [6.45, 7) is 5.14. The van der Waals surface area contributed by atoms with Crippen molar-refractivity contribution in [1.82, 2.24) is 20.1 Å². The van der Waals surface area contributed by atoms with Gasteiger partial charge in [0.1, 0.15) is 6.10 Å². The van der Waals surface area contributed by atoms with E-state index in [4.69, 9.17) is 4.74 Å². The Balaban J connectivity index is 1.48. The molecule has 0 aromatic carbocycles. The highest BCUT2D eigenvalue weighted by Crippen LogP contribution is 2.19. The predicted octanol–water partition coefficient (Wildman–Crippen LogP) is 2.16. The highest BCUT2D eigenvalue weighted by atomic mass is 16.5. The van der Waals surface area contributed by atoms with E-state index in [0.717, 1.165) is 38.4 Å². The number of H-pyrrole nitrogens is 1. The number of aromatic amines is 1. The Labute approximate surface area is 119 Å². The first-order valence-electron chi connectivity index (χ1n) is 7.09. The summed E-state index contributed by atoms with van der Waals surface area (Å²) in [5.41, 5.74) is 2.43. The van der Waals surface area contributed by atoms with Crippen LogP contribution in [-0.4, -0.2) is 39.3 Å². The standard InChI is InChI=1S/C15H20N4O/c1-12-2-5-16-15(8-12)20-14-3-6-19(7-4-14)11-13-9-17-18-10-13/h2,5,8-10,14H,3-4,6-7,11H2,1H3,(H,17,18). The maximum atomic E-state index is 5.96. The van der Waals surface area contributed by atoms with Gasteiger partial charge in [-0.2, -0.15) is 5.10 Å². The van der Waals surface area contributed by atoms with Crippen LogP contribution in [0.4, 0.5) is 0 Å². The third kappa shape index (κ3) is 3.36. The van der Waals surface area contributed by atoms with Crippen molar-refractivity contribution in [2.75, 3.05) is 13.1 Å². The molecule has 1 saturated heterocycles. The first-order valence-corrected chi connectivity index (χ1v) is 7.09. The fraction of sp³-hybridized carbons (Fsp3) is 0.467. The van der Waals surface area contributed by atoms with Gasteiger partial charge in [0.05, 0.1) is 6.20 Å². The molecule has 0 radical (unpaired) electrons. The lowest BCUT2D eigenvalue weighted by molar-refractivity contribution is 0.0932. The van der Waals surface area contributed by atoms with E-state index in [1.807, 2.05) is 24.5 Å². The molecular formula is C15H20N4O. The van der Waals surface area contributed by atoms with E-state index in [0.29, 0.717) is 0 Å². The van der Waals surface area contributed by atoms with Gasteiger partial charge in [0.15, 0.2) is 0 Å². The number of piperidine rings is 1. The van der Waals surface area contributed by atoms with Crippen LogP contribution in [0.5, 0.6) is 5.88 Å². The van der Waals surface area contributed by atoms with Crippen molar-refractivity contribution in [3.63, 3.8) is 0 Å². The van der Waals surface area contributed by atoms with Crippen LogP contribution in [0, 0.1) is 6.92 Å². The maximum absolute atomic E-state index is 5.96. The molecule has 20 heavy (non-hydrogen) atoms. The van der Waals surface area contributed by atoms with Crippen molar-refractivity contribution in [3.8, 4) is 5.88 Å². The van der Waals surface area contributed by atoms with Gasteiger partial charge < -0.3 is 4.74 Å². The minimum atomic E-state index is 0.282. The molecule has 1 fully saturated rings. The van der Waals surface area contributed by atoms with E-state index >= 15 is 0 Å². The van der Waals surface area contributed by atoms with Crippen molar-refractivity contribution in [3.05, 3.63) is 41.9 Å². The number of rotatable bonds is 4. The maximum Gasteiger partial charge on any atom is 0.213 e. The zero-order valence-electron chi connectivity index (χ0n) is 11.7. The summed E-state index contributed by atoms with van der Waals surface area (Å²) in [6, 6.07) is 3.98. The number of ether oxygens (including phenoxy) is 1. The molecule has 1 N–H and O–H groups in total. The van der Waals surface area contributed by atoms with Gasteiger partial charge in [0, 0.05) is 43.7 Å². The Morgan fingerprint density at radius 2 is 2.25 bits per heavy atom. The Morgan fingerprint density at radius 1 is 1.40 bits per heavy atom. The first-order chi connectivity index (χ1) is 9.79. The summed E-state index contributed by atoms with van der Waals surface area (Å²) in [7, 11) is 0. The molecule has 3 rings (SSSR count). The number of nitrogens with one attached hydrogen (secondary N) is 1. The summed E-state index contributed by atoms with van der Waals surface area (Å²) in [4.78, 5) is 6.70. The van der Waals surface area contributed by atoms with Crippen molar-refractivity contribution >= 4 is 0 Å². The molecule has 106 valence electrons. The van der Waals surface area contributed by atoms with Crippen LogP contribution in [0.15, 0.2) is 30.7 Å². The van der Waals surface area contributed by atoms with Crippen LogP contribution in [0.1, 0.15) is 24.0 Å². The molecule has 0 atom stereocenters. The zero-order chi connectivity index (χ0) is 13.8. The van der Waals surface area contributed by atoms with E-state index in [9.17, 15) is 0 Å². The first kappa shape index (κ1) is 13.1. The summed E-state index contributed by atoms with van der Waals surface area (Å²) < 4.78 is 5.96. The summed E-state index contributed by atoms with van der Waals surface area (Å²) in [6.07, 6.45) is 8.03. The van der Waals surface area contributed by atoms with E-state index in [1.165, 1.54) is 11.1 Å². The van der Waals surface area contributed by atoms with Gasteiger partial charge in [-0.25, -0.2) is 4.98 Å². The Bertz CT molecular complexity index is 533. The molecule has 5 heteroatoms. The number of nitrogens with zero attached hydrogens (tertiary/aromatic N) is 3. The zero-order valence-corrected chi connectivity index (χ0v) is 11.7. The van der Waals surface area contributed by atoms with Crippen LogP contribution in [0.2, 0.25) is 0 Å². The Kier molecular flexibility index (Phi) is 3.97.